The molecule has 1 aromatic heterocycles. The van der Waals surface area contributed by atoms with Crippen molar-refractivity contribution in [1.29, 1.82) is 0 Å². The van der Waals surface area contributed by atoms with Gasteiger partial charge in [0.25, 0.3) is 5.56 Å². The normalized spacial score (nSPS) is 18.5. The molecular weight excluding hydrogens is 420 g/mol. The van der Waals surface area contributed by atoms with Crippen molar-refractivity contribution in [3.63, 3.8) is 0 Å². The predicted octanol–water partition coefficient (Wildman–Crippen LogP) is 1.30. The van der Waals surface area contributed by atoms with Crippen LogP contribution in [0, 0.1) is 0 Å². The summed E-state index contributed by atoms with van der Waals surface area (Å²) < 4.78 is 6.48. The topological polar surface area (TPSA) is 101 Å². The molecule has 33 heavy (non-hydrogen) atoms. The van der Waals surface area contributed by atoms with Crippen molar-refractivity contribution in [2.24, 2.45) is 4.99 Å². The van der Waals surface area contributed by atoms with Crippen LogP contribution in [0.25, 0.3) is 5.69 Å². The summed E-state index contributed by atoms with van der Waals surface area (Å²) >= 11 is 0. The number of piperidine rings is 1. The summed E-state index contributed by atoms with van der Waals surface area (Å²) in [4.78, 5) is 33.1. The highest BCUT2D eigenvalue weighted by atomic mass is 16.5. The third kappa shape index (κ3) is 5.40. The Bertz CT molecular complexity index is 1210. The molecule has 0 radical (unpaired) electrons. The molecule has 0 spiro atoms. The largest absolute Gasteiger partial charge is 0.494 e. The molecule has 4 rings (SSSR count). The van der Waals surface area contributed by atoms with E-state index in [0.717, 1.165) is 37.0 Å². The Morgan fingerprint density at radius 1 is 1.12 bits per heavy atom. The molecule has 1 aliphatic rings. The third-order valence-electron chi connectivity index (χ3n) is 5.90. The minimum atomic E-state index is -0.711. The number of hydrogen-bond acceptors (Lipinski definition) is 5. The maximum Gasteiger partial charge on any atom is 0.335 e. The van der Waals surface area contributed by atoms with Gasteiger partial charge in [0.2, 0.25) is 5.88 Å². The Morgan fingerprint density at radius 3 is 2.48 bits per heavy atom. The maximum absolute atomic E-state index is 12.4. The summed E-state index contributed by atoms with van der Waals surface area (Å²) in [5.41, 5.74) is 0.349. The highest BCUT2D eigenvalue weighted by molar-refractivity contribution is 5.82. The van der Waals surface area contributed by atoms with E-state index >= 15 is 0 Å². The first-order chi connectivity index (χ1) is 16.0. The first-order valence-electron chi connectivity index (χ1n) is 11.3. The number of ether oxygens (including phenoxy) is 1. The van der Waals surface area contributed by atoms with Gasteiger partial charge in [-0.15, -0.1) is 0 Å². The fourth-order valence-corrected chi connectivity index (χ4v) is 4.15. The zero-order valence-electron chi connectivity index (χ0n) is 18.7. The first-order valence-corrected chi connectivity index (χ1v) is 11.3. The first kappa shape index (κ1) is 22.5. The lowest BCUT2D eigenvalue weighted by Crippen LogP contribution is -3.12. The number of nitrogens with one attached hydrogen (secondary N) is 2. The second-order valence-corrected chi connectivity index (χ2v) is 8.18. The fraction of sp³-hybridized carbons (Fsp3) is 0.320. The SMILES string of the molecule is CCOc1ccc(-n2c(O)c(C=NC3CC[NH+](Cc4ccccc4)CC3)c(=O)[nH]c2=O)cc1. The van der Waals surface area contributed by atoms with E-state index in [2.05, 4.69) is 34.2 Å². The zero-order valence-corrected chi connectivity index (χ0v) is 18.7. The summed E-state index contributed by atoms with van der Waals surface area (Å²) in [6.07, 6.45) is 3.19. The van der Waals surface area contributed by atoms with Crippen molar-refractivity contribution in [2.45, 2.75) is 32.4 Å². The average Bonchev–Trinajstić information content (AvgIpc) is 2.82. The van der Waals surface area contributed by atoms with E-state index in [1.807, 2.05) is 13.0 Å². The van der Waals surface area contributed by atoms with Crippen LogP contribution in [0.3, 0.4) is 0 Å². The van der Waals surface area contributed by atoms with Gasteiger partial charge in [-0.1, -0.05) is 30.3 Å². The number of rotatable bonds is 7. The lowest BCUT2D eigenvalue weighted by atomic mass is 10.0. The Labute approximate surface area is 191 Å². The highest BCUT2D eigenvalue weighted by Gasteiger charge is 2.22. The Morgan fingerprint density at radius 2 is 1.82 bits per heavy atom. The molecule has 0 atom stereocenters. The van der Waals surface area contributed by atoms with Crippen LogP contribution in [-0.4, -0.2) is 46.6 Å². The van der Waals surface area contributed by atoms with E-state index in [0.29, 0.717) is 18.0 Å². The molecule has 3 N–H and O–H groups in total. The molecule has 0 aliphatic carbocycles. The summed E-state index contributed by atoms with van der Waals surface area (Å²) in [5, 5.41) is 10.7. The molecule has 2 aromatic carbocycles. The van der Waals surface area contributed by atoms with Gasteiger partial charge in [-0.05, 0) is 31.2 Å². The Kier molecular flexibility index (Phi) is 7.04. The van der Waals surface area contributed by atoms with Gasteiger partial charge < -0.3 is 14.7 Å². The molecule has 0 unspecified atom stereocenters. The van der Waals surface area contributed by atoms with E-state index < -0.39 is 17.1 Å². The summed E-state index contributed by atoms with van der Waals surface area (Å²) in [6, 6.07) is 17.2. The fourth-order valence-electron chi connectivity index (χ4n) is 4.15. The molecule has 1 aliphatic heterocycles. The van der Waals surface area contributed by atoms with Gasteiger partial charge >= 0.3 is 5.69 Å². The van der Waals surface area contributed by atoms with Crippen LogP contribution in [0.15, 0.2) is 69.2 Å². The molecule has 0 amide bonds. The number of hydrogen-bond donors (Lipinski definition) is 3. The Hall–Kier alpha value is -3.65. The number of aromatic nitrogens is 2. The summed E-state index contributed by atoms with van der Waals surface area (Å²) in [5.74, 6) is 0.226. The number of aliphatic imine (C=N–C) groups is 1. The number of benzene rings is 2. The van der Waals surface area contributed by atoms with Crippen molar-refractivity contribution in [2.75, 3.05) is 19.7 Å². The Balaban J connectivity index is 1.47. The lowest BCUT2D eigenvalue weighted by Gasteiger charge is -2.27. The standard InChI is InChI=1S/C25H28N4O4/c1-2-33-21-10-8-20(9-11-21)29-24(31)22(23(30)27-25(29)32)16-26-19-12-14-28(15-13-19)17-18-6-4-3-5-7-18/h3-11,16,19,31H,2,12-15,17H2,1H3,(H,27,30,32)/p+1. The van der Waals surface area contributed by atoms with E-state index in [1.54, 1.807) is 24.3 Å². The number of nitrogens with zero attached hydrogens (tertiary/aromatic N) is 2. The van der Waals surface area contributed by atoms with Crippen LogP contribution >= 0.6 is 0 Å². The van der Waals surface area contributed by atoms with E-state index in [9.17, 15) is 14.7 Å². The second-order valence-electron chi connectivity index (χ2n) is 8.18. The molecule has 1 saturated heterocycles. The number of H-pyrrole nitrogens is 1. The molecule has 0 saturated carbocycles. The van der Waals surface area contributed by atoms with Crippen molar-refractivity contribution < 1.29 is 14.7 Å². The van der Waals surface area contributed by atoms with Gasteiger partial charge in [-0.2, -0.15) is 0 Å². The van der Waals surface area contributed by atoms with Crippen LogP contribution in [0.4, 0.5) is 0 Å². The highest BCUT2D eigenvalue weighted by Crippen LogP contribution is 2.19. The van der Waals surface area contributed by atoms with Crippen molar-refractivity contribution in [3.05, 3.63) is 86.6 Å². The lowest BCUT2D eigenvalue weighted by molar-refractivity contribution is -0.918. The molecule has 8 nitrogen and oxygen atoms in total. The average molecular weight is 450 g/mol. The number of aromatic hydroxyl groups is 1. The van der Waals surface area contributed by atoms with Crippen molar-refractivity contribution >= 4 is 6.21 Å². The van der Waals surface area contributed by atoms with E-state index in [-0.39, 0.29) is 11.6 Å². The smallest absolute Gasteiger partial charge is 0.335 e. The summed E-state index contributed by atoms with van der Waals surface area (Å²) in [7, 11) is 0. The molecule has 3 aromatic rings. The molecule has 2 heterocycles. The van der Waals surface area contributed by atoms with Crippen molar-refractivity contribution in [1.82, 2.24) is 9.55 Å². The van der Waals surface area contributed by atoms with Crippen LogP contribution in [0.1, 0.15) is 30.9 Å². The number of quaternary nitrogens is 1. The monoisotopic (exact) mass is 449 g/mol. The maximum atomic E-state index is 12.4. The van der Waals surface area contributed by atoms with Crippen LogP contribution in [-0.2, 0) is 6.54 Å². The van der Waals surface area contributed by atoms with Gasteiger partial charge in [0.15, 0.2) is 0 Å². The third-order valence-corrected chi connectivity index (χ3v) is 5.90. The van der Waals surface area contributed by atoms with Crippen molar-refractivity contribution in [3.8, 4) is 17.3 Å². The molecule has 8 heteroatoms. The molecule has 0 bridgehead atoms. The molecule has 1 fully saturated rings. The van der Waals surface area contributed by atoms with E-state index in [1.165, 1.54) is 16.7 Å². The quantitative estimate of drug-likeness (QED) is 0.473. The predicted molar refractivity (Wildman–Crippen MR) is 127 cm³/mol. The summed E-state index contributed by atoms with van der Waals surface area (Å²) in [6.45, 7) is 5.38. The second kappa shape index (κ2) is 10.3. The van der Waals surface area contributed by atoms with Crippen LogP contribution < -0.4 is 20.9 Å². The van der Waals surface area contributed by atoms with Gasteiger partial charge in [0.1, 0.15) is 17.9 Å². The van der Waals surface area contributed by atoms with E-state index in [4.69, 9.17) is 4.74 Å². The van der Waals surface area contributed by atoms with Gasteiger partial charge in [0, 0.05) is 24.6 Å². The number of likely N-dealkylation sites (tertiary alicyclic amines) is 1. The molecule has 172 valence electrons. The van der Waals surface area contributed by atoms with Crippen LogP contribution in [0.2, 0.25) is 0 Å². The van der Waals surface area contributed by atoms with Crippen LogP contribution in [0.5, 0.6) is 11.6 Å². The number of aromatic amines is 1. The molecular formula is C25H29N4O4+. The van der Waals surface area contributed by atoms with Gasteiger partial charge in [-0.3, -0.25) is 14.8 Å². The van der Waals surface area contributed by atoms with Gasteiger partial charge in [0.05, 0.1) is 31.4 Å². The minimum Gasteiger partial charge on any atom is -0.494 e. The van der Waals surface area contributed by atoms with Gasteiger partial charge in [-0.25, -0.2) is 9.36 Å². The minimum absolute atomic E-state index is 0.0254. The zero-order chi connectivity index (χ0) is 23.2.